The van der Waals surface area contributed by atoms with E-state index < -0.39 is 0 Å². The maximum Gasteiger partial charge on any atom is 0.290 e. The molecule has 2 unspecified atom stereocenters. The van der Waals surface area contributed by atoms with Gasteiger partial charge in [0.2, 0.25) is 0 Å². The minimum atomic E-state index is -0.250. The largest absolute Gasteiger partial charge is 0.483 e. The number of aromatic amines is 1. The highest BCUT2D eigenvalue weighted by atomic mass is 35.5. The number of imidazole rings is 1. The number of carboxylic acid groups (broad SMARTS) is 2. The molecule has 0 aromatic carbocycles. The molecule has 0 radical (unpaired) electrons. The van der Waals surface area contributed by atoms with E-state index in [4.69, 9.17) is 31.4 Å². The van der Waals surface area contributed by atoms with Crippen molar-refractivity contribution in [1.29, 1.82) is 0 Å². The second kappa shape index (κ2) is 14.1. The number of carbonyl (C=O) groups is 2. The highest BCUT2D eigenvalue weighted by molar-refractivity contribution is 6.30. The number of aliphatic hydroxyl groups is 1. The first kappa shape index (κ1) is 27.8. The first-order valence-electron chi connectivity index (χ1n) is 11.4. The van der Waals surface area contributed by atoms with Crippen LogP contribution in [0.4, 0.5) is 0 Å². The lowest BCUT2D eigenvalue weighted by Crippen LogP contribution is -2.37. The third-order valence-electron chi connectivity index (χ3n) is 6.30. The van der Waals surface area contributed by atoms with Crippen LogP contribution < -0.4 is 0 Å². The molecule has 0 spiro atoms. The summed E-state index contributed by atoms with van der Waals surface area (Å²) in [5.74, 6) is 1.61. The van der Waals surface area contributed by atoms with E-state index in [1.165, 1.54) is 18.5 Å². The van der Waals surface area contributed by atoms with Crippen LogP contribution in [-0.4, -0.2) is 97.1 Å². The zero-order valence-electron chi connectivity index (χ0n) is 19.5. The second-order valence-corrected chi connectivity index (χ2v) is 9.15. The van der Waals surface area contributed by atoms with Crippen molar-refractivity contribution in [3.63, 3.8) is 0 Å². The average Bonchev–Trinajstić information content (AvgIpc) is 3.56. The lowest BCUT2D eigenvalue weighted by molar-refractivity contribution is -0.123. The summed E-state index contributed by atoms with van der Waals surface area (Å²) < 4.78 is 1.89. The summed E-state index contributed by atoms with van der Waals surface area (Å²) in [6.45, 7) is 8.59. The van der Waals surface area contributed by atoms with Gasteiger partial charge in [0.15, 0.2) is 0 Å². The summed E-state index contributed by atoms with van der Waals surface area (Å²) in [5.41, 5.74) is 1.18. The Morgan fingerprint density at radius 1 is 1.18 bits per heavy atom. The summed E-state index contributed by atoms with van der Waals surface area (Å²) in [6, 6.07) is 0. The molecule has 190 valence electrons. The molecule has 2 aromatic rings. The van der Waals surface area contributed by atoms with Crippen molar-refractivity contribution in [2.24, 2.45) is 11.3 Å². The van der Waals surface area contributed by atoms with Crippen molar-refractivity contribution in [2.45, 2.75) is 39.3 Å². The maximum atomic E-state index is 10.2. The number of rotatable bonds is 9. The Bertz CT molecular complexity index is 872. The molecule has 0 bridgehead atoms. The zero-order valence-corrected chi connectivity index (χ0v) is 20.3. The Labute approximate surface area is 204 Å². The number of aliphatic hydroxyl groups excluding tert-OH is 1. The zero-order chi connectivity index (χ0) is 25.0. The standard InChI is InChI=1S/C20H31ClN6O.2CH2O2/c1-2-3-4-19-22-8-18(24-19)12-26-10-16-9-25(13-20(16,14-26)15-28)5-6-27-11-17(21)7-23-27;2*2-1-3/h7-8,11,16,28H,2-6,9-10,12-15H2,1H3,(H,22,24);2*1H,(H,2,3). The average molecular weight is 499 g/mol. The van der Waals surface area contributed by atoms with Crippen molar-refractivity contribution >= 4 is 24.5 Å². The van der Waals surface area contributed by atoms with E-state index in [0.717, 1.165) is 58.1 Å². The van der Waals surface area contributed by atoms with Crippen LogP contribution in [0.2, 0.25) is 5.02 Å². The lowest BCUT2D eigenvalue weighted by Gasteiger charge is -2.27. The molecular weight excluding hydrogens is 464 g/mol. The number of halogens is 1. The van der Waals surface area contributed by atoms with Crippen molar-refractivity contribution < 1.29 is 24.9 Å². The fraction of sp³-hybridized carbons (Fsp3) is 0.636. The van der Waals surface area contributed by atoms with Gasteiger partial charge in [0, 0.05) is 69.2 Å². The number of aryl methyl sites for hydroxylation is 1. The van der Waals surface area contributed by atoms with Gasteiger partial charge in [-0.1, -0.05) is 24.9 Å². The van der Waals surface area contributed by atoms with E-state index in [0.29, 0.717) is 10.9 Å². The van der Waals surface area contributed by atoms with Crippen LogP contribution in [0, 0.1) is 11.3 Å². The monoisotopic (exact) mass is 498 g/mol. The molecule has 2 aliphatic rings. The molecule has 4 rings (SSSR count). The minimum Gasteiger partial charge on any atom is -0.483 e. The van der Waals surface area contributed by atoms with Crippen LogP contribution in [0.5, 0.6) is 0 Å². The SMILES string of the molecule is CCCCc1ncc(CN2CC3CN(CCn4cc(Cl)cn4)CC3(CO)C2)[nH]1.O=CO.O=CO. The molecule has 2 fully saturated rings. The molecular formula is C22H35ClN6O5. The van der Waals surface area contributed by atoms with Gasteiger partial charge in [-0.25, -0.2) is 4.98 Å². The van der Waals surface area contributed by atoms with Gasteiger partial charge in [-0.3, -0.25) is 19.2 Å². The topological polar surface area (TPSA) is 148 Å². The maximum absolute atomic E-state index is 10.2. The Morgan fingerprint density at radius 3 is 2.44 bits per heavy atom. The van der Waals surface area contributed by atoms with E-state index in [2.05, 4.69) is 31.8 Å². The number of unbranched alkanes of at least 4 members (excludes halogenated alkanes) is 1. The van der Waals surface area contributed by atoms with E-state index in [1.54, 1.807) is 6.20 Å². The van der Waals surface area contributed by atoms with Crippen molar-refractivity contribution in [3.05, 3.63) is 35.1 Å². The van der Waals surface area contributed by atoms with E-state index >= 15 is 0 Å². The molecule has 2 atom stereocenters. The predicted octanol–water partition coefficient (Wildman–Crippen LogP) is 1.43. The van der Waals surface area contributed by atoms with Crippen LogP contribution in [0.15, 0.2) is 18.6 Å². The van der Waals surface area contributed by atoms with Gasteiger partial charge in [-0.15, -0.1) is 0 Å². The molecule has 12 heteroatoms. The molecule has 4 N–H and O–H groups in total. The first-order valence-corrected chi connectivity index (χ1v) is 11.7. The fourth-order valence-electron chi connectivity index (χ4n) is 4.82. The Balaban J connectivity index is 0.000000618. The molecule has 2 saturated heterocycles. The number of nitrogens with one attached hydrogen (secondary N) is 1. The number of nitrogens with zero attached hydrogens (tertiary/aromatic N) is 5. The molecule has 34 heavy (non-hydrogen) atoms. The molecule has 0 amide bonds. The van der Waals surface area contributed by atoms with E-state index in [9.17, 15) is 5.11 Å². The summed E-state index contributed by atoms with van der Waals surface area (Å²) in [4.78, 5) is 29.7. The van der Waals surface area contributed by atoms with Gasteiger partial charge < -0.3 is 25.2 Å². The number of hydrogen-bond acceptors (Lipinski definition) is 7. The van der Waals surface area contributed by atoms with Crippen molar-refractivity contribution in [2.75, 3.05) is 39.3 Å². The normalized spacial score (nSPS) is 21.8. The number of likely N-dealkylation sites (tertiary alicyclic amines) is 2. The summed E-state index contributed by atoms with van der Waals surface area (Å²) in [6.07, 6.45) is 8.90. The Morgan fingerprint density at radius 2 is 1.85 bits per heavy atom. The van der Waals surface area contributed by atoms with Crippen LogP contribution in [0.3, 0.4) is 0 Å². The Hall–Kier alpha value is -2.47. The lowest BCUT2D eigenvalue weighted by atomic mass is 9.82. The van der Waals surface area contributed by atoms with Crippen LogP contribution in [0.25, 0.3) is 0 Å². The molecule has 0 saturated carbocycles. The first-order chi connectivity index (χ1) is 16.4. The third kappa shape index (κ3) is 7.79. The highest BCUT2D eigenvalue weighted by Gasteiger charge is 2.51. The third-order valence-corrected chi connectivity index (χ3v) is 6.50. The van der Waals surface area contributed by atoms with Gasteiger partial charge in [0.25, 0.3) is 12.9 Å². The van der Waals surface area contributed by atoms with Crippen molar-refractivity contribution in [1.82, 2.24) is 29.5 Å². The highest BCUT2D eigenvalue weighted by Crippen LogP contribution is 2.42. The van der Waals surface area contributed by atoms with Gasteiger partial charge in [0.05, 0.1) is 24.4 Å². The van der Waals surface area contributed by atoms with Crippen LogP contribution in [0.1, 0.15) is 31.3 Å². The number of H-pyrrole nitrogens is 1. The molecule has 11 nitrogen and oxygen atoms in total. The fourth-order valence-corrected chi connectivity index (χ4v) is 4.98. The summed E-state index contributed by atoms with van der Waals surface area (Å²) in [5, 5.41) is 28.9. The van der Waals surface area contributed by atoms with Crippen molar-refractivity contribution in [3.8, 4) is 0 Å². The predicted molar refractivity (Wildman–Crippen MR) is 127 cm³/mol. The minimum absolute atomic E-state index is 0.00712. The van der Waals surface area contributed by atoms with Crippen LogP contribution in [-0.2, 0) is 29.1 Å². The smallest absolute Gasteiger partial charge is 0.290 e. The molecule has 0 aliphatic carbocycles. The summed E-state index contributed by atoms with van der Waals surface area (Å²) >= 11 is 5.94. The van der Waals surface area contributed by atoms with Gasteiger partial charge in [-0.2, -0.15) is 5.10 Å². The quantitative estimate of drug-likeness (QED) is 0.377. The van der Waals surface area contributed by atoms with Crippen LogP contribution >= 0.6 is 11.6 Å². The second-order valence-electron chi connectivity index (χ2n) is 8.71. The molecule has 2 aromatic heterocycles. The molecule has 2 aliphatic heterocycles. The Kier molecular flexibility index (Phi) is 11.5. The van der Waals surface area contributed by atoms with E-state index in [1.807, 2.05) is 17.1 Å². The number of hydrogen-bond donors (Lipinski definition) is 4. The number of aromatic nitrogens is 4. The van der Waals surface area contributed by atoms with Gasteiger partial charge in [0.1, 0.15) is 5.82 Å². The molecule has 4 heterocycles. The number of fused-ring (bicyclic) bond motifs is 1. The van der Waals surface area contributed by atoms with Gasteiger partial charge >= 0.3 is 0 Å². The summed E-state index contributed by atoms with van der Waals surface area (Å²) in [7, 11) is 0. The van der Waals surface area contributed by atoms with Gasteiger partial charge in [-0.05, 0) is 12.3 Å². The van der Waals surface area contributed by atoms with E-state index in [-0.39, 0.29) is 25.0 Å².